The van der Waals surface area contributed by atoms with Crippen LogP contribution in [0, 0.1) is 5.41 Å². The second kappa shape index (κ2) is 8.46. The number of nitrogens with zero attached hydrogens (tertiary/aromatic N) is 3. The molecule has 35 heavy (non-hydrogen) atoms. The van der Waals surface area contributed by atoms with E-state index in [0.717, 1.165) is 19.2 Å². The quantitative estimate of drug-likeness (QED) is 0.378. The summed E-state index contributed by atoms with van der Waals surface area (Å²) in [5.74, 6) is 0.972. The van der Waals surface area contributed by atoms with Gasteiger partial charge in [0.2, 0.25) is 0 Å². The lowest BCUT2D eigenvalue weighted by Crippen LogP contribution is -2.46. The van der Waals surface area contributed by atoms with Crippen LogP contribution in [0.15, 0.2) is 102 Å². The second-order valence-electron chi connectivity index (χ2n) is 10.8. The van der Waals surface area contributed by atoms with Gasteiger partial charge in [0.25, 0.3) is 0 Å². The number of hydrogen-bond acceptors (Lipinski definition) is 4. The summed E-state index contributed by atoms with van der Waals surface area (Å²) in [4.78, 5) is 9.50. The van der Waals surface area contributed by atoms with Crippen molar-refractivity contribution >= 4 is 27.5 Å². The molecule has 0 amide bonds. The smallest absolute Gasteiger partial charge is 0.199 e. The van der Waals surface area contributed by atoms with E-state index in [1.54, 1.807) is 0 Å². The van der Waals surface area contributed by atoms with Crippen LogP contribution in [-0.4, -0.2) is 35.0 Å². The Bertz CT molecular complexity index is 1370. The predicted octanol–water partition coefficient (Wildman–Crippen LogP) is 6.50. The summed E-state index contributed by atoms with van der Waals surface area (Å²) in [7, 11) is 0. The van der Waals surface area contributed by atoms with Crippen molar-refractivity contribution in [1.82, 2.24) is 15.1 Å². The fourth-order valence-corrected chi connectivity index (χ4v) is 5.16. The van der Waals surface area contributed by atoms with Crippen molar-refractivity contribution < 1.29 is 0 Å². The van der Waals surface area contributed by atoms with Crippen LogP contribution in [0.25, 0.3) is 21.5 Å². The Kier molecular flexibility index (Phi) is 5.25. The van der Waals surface area contributed by atoms with Crippen LogP contribution in [0.5, 0.6) is 0 Å². The lowest BCUT2D eigenvalue weighted by atomic mass is 9.87. The first-order valence-electron chi connectivity index (χ1n) is 12.4. The van der Waals surface area contributed by atoms with Gasteiger partial charge in [-0.05, 0) is 50.2 Å². The van der Waals surface area contributed by atoms with Crippen LogP contribution in [0.4, 0.5) is 0 Å². The van der Waals surface area contributed by atoms with Crippen LogP contribution in [0.3, 0.4) is 0 Å². The van der Waals surface area contributed by atoms with Crippen LogP contribution in [0.1, 0.15) is 37.9 Å². The maximum absolute atomic E-state index is 4.84. The number of fused-ring (bicyclic) bond motifs is 2. The standard InChI is InChI=1S/C31H32N4/c1-31(2,3)28-20-32-30(33-28)35-17-16-34(21-35)29(26-14-12-22-8-4-6-10-24(22)18-26)27-15-13-23-9-5-7-11-25(23)19-27/h4-19,28-29H,20-21H2,1-3H3,(H,32,33)/t28-/m1/s1. The largest absolute Gasteiger partial charge is 0.351 e. The Balaban J connectivity index is 1.35. The number of hydrogen-bond donors (Lipinski definition) is 1. The maximum atomic E-state index is 4.84. The molecule has 2 aliphatic heterocycles. The van der Waals surface area contributed by atoms with Crippen molar-refractivity contribution in [2.75, 3.05) is 13.2 Å². The van der Waals surface area contributed by atoms with E-state index in [2.05, 4.69) is 133 Å². The Morgan fingerprint density at radius 2 is 1.34 bits per heavy atom. The molecule has 0 aliphatic carbocycles. The van der Waals surface area contributed by atoms with Crippen LogP contribution in [-0.2, 0) is 0 Å². The van der Waals surface area contributed by atoms with Crippen LogP contribution in [0.2, 0.25) is 0 Å². The molecule has 4 heteroatoms. The molecular weight excluding hydrogens is 428 g/mol. The average molecular weight is 461 g/mol. The lowest BCUT2D eigenvalue weighted by molar-refractivity contribution is 0.275. The van der Waals surface area contributed by atoms with Crippen LogP contribution < -0.4 is 5.32 Å². The Morgan fingerprint density at radius 3 is 1.89 bits per heavy atom. The van der Waals surface area contributed by atoms with E-state index in [1.807, 2.05) is 0 Å². The van der Waals surface area contributed by atoms with Gasteiger partial charge in [0.15, 0.2) is 5.96 Å². The van der Waals surface area contributed by atoms with Crippen molar-refractivity contribution in [2.45, 2.75) is 32.9 Å². The summed E-state index contributed by atoms with van der Waals surface area (Å²) >= 11 is 0. The molecule has 2 heterocycles. The first kappa shape index (κ1) is 21.7. The molecule has 1 N–H and O–H groups in total. The summed E-state index contributed by atoms with van der Waals surface area (Å²) in [6.45, 7) is 8.38. The van der Waals surface area contributed by atoms with Gasteiger partial charge in [0.05, 0.1) is 25.3 Å². The summed E-state index contributed by atoms with van der Waals surface area (Å²) in [5, 5.41) is 8.73. The highest BCUT2D eigenvalue weighted by Gasteiger charge is 2.33. The summed E-state index contributed by atoms with van der Waals surface area (Å²) in [6.07, 6.45) is 4.37. The molecule has 0 bridgehead atoms. The van der Waals surface area contributed by atoms with Gasteiger partial charge in [0, 0.05) is 12.4 Å². The van der Waals surface area contributed by atoms with E-state index in [-0.39, 0.29) is 11.5 Å². The zero-order chi connectivity index (χ0) is 24.0. The number of guanidine groups is 1. The highest BCUT2D eigenvalue weighted by molar-refractivity contribution is 5.85. The molecule has 0 fully saturated rings. The minimum atomic E-state index is 0.103. The first-order valence-corrected chi connectivity index (χ1v) is 12.4. The predicted molar refractivity (Wildman–Crippen MR) is 146 cm³/mol. The SMILES string of the molecule is CC(C)(C)[C@H]1CN=C(N2C=CN(C(c3ccc4ccccc4c3)c3ccc4ccccc4c3)C2)N1. The summed E-state index contributed by atoms with van der Waals surface area (Å²) < 4.78 is 0. The van der Waals surface area contributed by atoms with E-state index < -0.39 is 0 Å². The monoisotopic (exact) mass is 460 g/mol. The van der Waals surface area contributed by atoms with Crippen molar-refractivity contribution in [1.29, 1.82) is 0 Å². The molecular formula is C31H32N4. The third-order valence-corrected chi connectivity index (χ3v) is 7.31. The van der Waals surface area contributed by atoms with Crippen molar-refractivity contribution in [3.8, 4) is 0 Å². The van der Waals surface area contributed by atoms with Gasteiger partial charge in [-0.2, -0.15) is 0 Å². The number of aliphatic imine (C=N–C) groups is 1. The number of nitrogens with one attached hydrogen (secondary N) is 1. The molecule has 1 atom stereocenters. The summed E-state index contributed by atoms with van der Waals surface area (Å²) in [6, 6.07) is 31.4. The Labute approximate surface area is 207 Å². The fourth-order valence-electron chi connectivity index (χ4n) is 5.16. The van der Waals surface area contributed by atoms with Crippen LogP contribution >= 0.6 is 0 Å². The zero-order valence-corrected chi connectivity index (χ0v) is 20.6. The van der Waals surface area contributed by atoms with Gasteiger partial charge in [-0.3, -0.25) is 9.89 Å². The van der Waals surface area contributed by atoms with E-state index in [4.69, 9.17) is 4.99 Å². The minimum Gasteiger partial charge on any atom is -0.351 e. The van der Waals surface area contributed by atoms with Crippen molar-refractivity contribution in [2.24, 2.45) is 10.4 Å². The molecule has 0 radical (unpaired) electrons. The maximum Gasteiger partial charge on any atom is 0.199 e. The van der Waals surface area contributed by atoms with E-state index >= 15 is 0 Å². The lowest BCUT2D eigenvalue weighted by Gasteiger charge is -2.32. The molecule has 0 spiro atoms. The average Bonchev–Trinajstić information content (AvgIpc) is 3.54. The van der Waals surface area contributed by atoms with Crippen molar-refractivity contribution in [3.05, 3.63) is 108 Å². The molecule has 0 aromatic heterocycles. The van der Waals surface area contributed by atoms with Crippen molar-refractivity contribution in [3.63, 3.8) is 0 Å². The highest BCUT2D eigenvalue weighted by atomic mass is 15.4. The normalized spacial score (nSPS) is 18.1. The number of benzene rings is 4. The topological polar surface area (TPSA) is 30.9 Å². The van der Waals surface area contributed by atoms with E-state index in [1.165, 1.54) is 32.7 Å². The van der Waals surface area contributed by atoms with Gasteiger partial charge < -0.3 is 10.2 Å². The van der Waals surface area contributed by atoms with Gasteiger partial charge in [-0.25, -0.2) is 0 Å². The molecule has 4 nitrogen and oxygen atoms in total. The van der Waals surface area contributed by atoms with Gasteiger partial charge in [0.1, 0.15) is 0 Å². The van der Waals surface area contributed by atoms with Gasteiger partial charge >= 0.3 is 0 Å². The van der Waals surface area contributed by atoms with Gasteiger partial charge in [-0.1, -0.05) is 93.6 Å². The van der Waals surface area contributed by atoms with Gasteiger partial charge in [-0.15, -0.1) is 0 Å². The molecule has 6 rings (SSSR count). The molecule has 2 aliphatic rings. The molecule has 0 saturated heterocycles. The minimum absolute atomic E-state index is 0.103. The zero-order valence-electron chi connectivity index (χ0n) is 20.6. The fraction of sp³-hybridized carbons (Fsp3) is 0.258. The molecule has 176 valence electrons. The molecule has 0 saturated carbocycles. The third-order valence-electron chi connectivity index (χ3n) is 7.31. The molecule has 0 unspecified atom stereocenters. The molecule has 4 aromatic carbocycles. The Hall–Kier alpha value is -3.79. The Morgan fingerprint density at radius 1 is 0.771 bits per heavy atom. The highest BCUT2D eigenvalue weighted by Crippen LogP contribution is 2.35. The van der Waals surface area contributed by atoms with E-state index in [9.17, 15) is 0 Å². The van der Waals surface area contributed by atoms with E-state index in [0.29, 0.717) is 6.04 Å². The summed E-state index contributed by atoms with van der Waals surface area (Å²) in [5.41, 5.74) is 2.76. The third kappa shape index (κ3) is 4.14. The first-order chi connectivity index (χ1) is 17.0. The number of rotatable bonds is 3. The second-order valence-corrected chi connectivity index (χ2v) is 10.8. The molecule has 4 aromatic rings.